The molecule has 5 heteroatoms. The van der Waals surface area contributed by atoms with E-state index >= 15 is 0 Å². The number of aromatic nitrogens is 1. The van der Waals surface area contributed by atoms with E-state index in [2.05, 4.69) is 29.8 Å². The third-order valence-electron chi connectivity index (χ3n) is 4.09. The molecule has 0 atom stereocenters. The van der Waals surface area contributed by atoms with E-state index in [0.717, 1.165) is 49.7 Å². The highest BCUT2D eigenvalue weighted by molar-refractivity contribution is 5.59. The molecule has 2 N–H and O–H groups in total. The number of hydrogen-bond donors (Lipinski definition) is 1. The van der Waals surface area contributed by atoms with Crippen LogP contribution in [0.3, 0.4) is 0 Å². The lowest BCUT2D eigenvalue weighted by molar-refractivity contribution is -0.0421. The van der Waals surface area contributed by atoms with E-state index in [1.165, 1.54) is 0 Å². The van der Waals surface area contributed by atoms with Gasteiger partial charge < -0.3 is 15.2 Å². The molecule has 0 aromatic carbocycles. The Morgan fingerprint density at radius 2 is 2.00 bits per heavy atom. The Labute approximate surface area is 146 Å². The van der Waals surface area contributed by atoms with Crippen LogP contribution in [-0.2, 0) is 15.1 Å². The lowest BCUT2D eigenvalue weighted by Gasteiger charge is -2.30. The Balaban J connectivity index is 0.00000139. The van der Waals surface area contributed by atoms with Crippen LogP contribution in [0.5, 0.6) is 0 Å². The minimum Gasteiger partial charge on any atom is -0.404 e. The van der Waals surface area contributed by atoms with Crippen molar-refractivity contribution in [2.24, 2.45) is 5.73 Å². The first-order valence-electron chi connectivity index (χ1n) is 8.82. The number of pyridine rings is 1. The minimum atomic E-state index is -0.349. The lowest BCUT2D eigenvalue weighted by atomic mass is 9.99. The molecule has 0 aliphatic carbocycles. The van der Waals surface area contributed by atoms with Crippen molar-refractivity contribution >= 4 is 5.57 Å². The Morgan fingerprint density at radius 3 is 2.54 bits per heavy atom. The Hall–Kier alpha value is -1.43. The predicted octanol–water partition coefficient (Wildman–Crippen LogP) is 3.01. The van der Waals surface area contributed by atoms with E-state index in [1.54, 1.807) is 6.20 Å². The Morgan fingerprint density at radius 1 is 1.33 bits per heavy atom. The van der Waals surface area contributed by atoms with Gasteiger partial charge in [0.1, 0.15) is 0 Å². The molecule has 0 radical (unpaired) electrons. The first-order chi connectivity index (χ1) is 11.5. The maximum Gasteiger partial charge on any atom is 0.0890 e. The molecular formula is C19H33N3O2. The molecule has 1 aliphatic heterocycles. The summed E-state index contributed by atoms with van der Waals surface area (Å²) in [6.45, 7) is 15.4. The average molecular weight is 335 g/mol. The smallest absolute Gasteiger partial charge is 0.0890 e. The third kappa shape index (κ3) is 6.23. The van der Waals surface area contributed by atoms with Crippen LogP contribution in [0.25, 0.3) is 5.57 Å². The van der Waals surface area contributed by atoms with Gasteiger partial charge in [-0.15, -0.1) is 0 Å². The van der Waals surface area contributed by atoms with E-state index in [0.29, 0.717) is 6.61 Å². The highest BCUT2D eigenvalue weighted by Crippen LogP contribution is 2.25. The number of morpholine rings is 1. The predicted molar refractivity (Wildman–Crippen MR) is 99.7 cm³/mol. The number of rotatable bonds is 6. The summed E-state index contributed by atoms with van der Waals surface area (Å²) in [5.41, 5.74) is 8.12. The molecule has 1 saturated heterocycles. The lowest BCUT2D eigenvalue weighted by Crippen LogP contribution is -2.39. The van der Waals surface area contributed by atoms with E-state index in [9.17, 15) is 0 Å². The highest BCUT2D eigenvalue weighted by Gasteiger charge is 2.22. The zero-order valence-corrected chi connectivity index (χ0v) is 15.8. The van der Waals surface area contributed by atoms with E-state index in [4.69, 9.17) is 15.2 Å². The number of allylic oxidation sites excluding steroid dienone is 1. The molecular weight excluding hydrogens is 302 g/mol. The van der Waals surface area contributed by atoms with Crippen molar-refractivity contribution in [2.75, 3.05) is 39.5 Å². The summed E-state index contributed by atoms with van der Waals surface area (Å²) >= 11 is 0. The van der Waals surface area contributed by atoms with Crippen molar-refractivity contribution in [2.45, 2.75) is 40.2 Å². The van der Waals surface area contributed by atoms with Gasteiger partial charge in [-0.25, -0.2) is 0 Å². The van der Waals surface area contributed by atoms with Crippen molar-refractivity contribution < 1.29 is 9.47 Å². The zero-order chi connectivity index (χ0) is 18.0. The zero-order valence-electron chi connectivity index (χ0n) is 15.8. The van der Waals surface area contributed by atoms with Gasteiger partial charge in [0.25, 0.3) is 0 Å². The fourth-order valence-electron chi connectivity index (χ4n) is 2.41. The summed E-state index contributed by atoms with van der Waals surface area (Å²) in [4.78, 5) is 6.83. The van der Waals surface area contributed by atoms with Gasteiger partial charge in [-0.2, -0.15) is 0 Å². The van der Waals surface area contributed by atoms with E-state index < -0.39 is 0 Å². The molecule has 136 valence electrons. The van der Waals surface area contributed by atoms with Crippen LogP contribution < -0.4 is 5.73 Å². The molecule has 1 fully saturated rings. The summed E-state index contributed by atoms with van der Waals surface area (Å²) in [5, 5.41) is 0. The maximum absolute atomic E-state index is 6.08. The number of ether oxygens (including phenoxy) is 2. The second-order valence-corrected chi connectivity index (χ2v) is 6.09. The summed E-state index contributed by atoms with van der Waals surface area (Å²) in [6, 6.07) is 4.05. The molecule has 0 unspecified atom stereocenters. The SMILES string of the molecule is C/C(=C/N)c1ccc(C(C)(C)OCCN2CCOCC2)cn1.CC. The normalized spacial score (nSPS) is 16.5. The molecule has 24 heavy (non-hydrogen) atoms. The summed E-state index contributed by atoms with van der Waals surface area (Å²) in [6.07, 6.45) is 3.45. The standard InChI is InChI=1S/C17H27N3O2.C2H6/c1-14(12-18)16-5-4-15(13-19-16)17(2,3)22-11-8-20-6-9-21-10-7-20;1-2/h4-5,12-13H,6-11,18H2,1-3H3;1-2H3/b14-12-;. The van der Waals surface area contributed by atoms with Crippen molar-refractivity contribution in [1.82, 2.24) is 9.88 Å². The van der Waals surface area contributed by atoms with E-state index in [-0.39, 0.29) is 5.60 Å². The first kappa shape index (κ1) is 20.6. The van der Waals surface area contributed by atoms with Crippen LogP contribution in [0.1, 0.15) is 45.9 Å². The van der Waals surface area contributed by atoms with Crippen LogP contribution >= 0.6 is 0 Å². The number of nitrogens with zero attached hydrogens (tertiary/aromatic N) is 2. The molecule has 5 nitrogen and oxygen atoms in total. The third-order valence-corrected chi connectivity index (χ3v) is 4.09. The minimum absolute atomic E-state index is 0.349. The number of nitrogens with two attached hydrogens (primary N) is 1. The van der Waals surface area contributed by atoms with Crippen molar-refractivity contribution in [1.29, 1.82) is 0 Å². The van der Waals surface area contributed by atoms with Crippen molar-refractivity contribution in [3.63, 3.8) is 0 Å². The molecule has 0 amide bonds. The molecule has 1 aromatic heterocycles. The van der Waals surface area contributed by atoms with Gasteiger partial charge in [0.2, 0.25) is 0 Å². The fraction of sp³-hybridized carbons (Fsp3) is 0.632. The molecule has 0 spiro atoms. The summed E-state index contributed by atoms with van der Waals surface area (Å²) < 4.78 is 11.4. The molecule has 0 saturated carbocycles. The Bertz CT molecular complexity index is 492. The quantitative estimate of drug-likeness (QED) is 0.866. The van der Waals surface area contributed by atoms with Crippen LogP contribution in [-0.4, -0.2) is 49.3 Å². The molecule has 0 bridgehead atoms. The van der Waals surface area contributed by atoms with Gasteiger partial charge in [-0.05, 0) is 38.6 Å². The maximum atomic E-state index is 6.08. The largest absolute Gasteiger partial charge is 0.404 e. The highest BCUT2D eigenvalue weighted by atomic mass is 16.5. The summed E-state index contributed by atoms with van der Waals surface area (Å²) in [7, 11) is 0. The van der Waals surface area contributed by atoms with Crippen molar-refractivity contribution in [3.05, 3.63) is 35.8 Å². The fourth-order valence-corrected chi connectivity index (χ4v) is 2.41. The van der Waals surface area contributed by atoms with Gasteiger partial charge in [0.05, 0.1) is 31.1 Å². The van der Waals surface area contributed by atoms with Gasteiger partial charge >= 0.3 is 0 Å². The monoisotopic (exact) mass is 335 g/mol. The van der Waals surface area contributed by atoms with Crippen LogP contribution in [0.2, 0.25) is 0 Å². The van der Waals surface area contributed by atoms with E-state index in [1.807, 2.05) is 33.0 Å². The van der Waals surface area contributed by atoms with Gasteiger partial charge in [0, 0.05) is 31.4 Å². The van der Waals surface area contributed by atoms with Gasteiger partial charge in [-0.1, -0.05) is 19.9 Å². The molecule has 2 rings (SSSR count). The van der Waals surface area contributed by atoms with Gasteiger partial charge in [-0.3, -0.25) is 9.88 Å². The van der Waals surface area contributed by atoms with Gasteiger partial charge in [0.15, 0.2) is 0 Å². The van der Waals surface area contributed by atoms with Crippen LogP contribution in [0.4, 0.5) is 0 Å². The van der Waals surface area contributed by atoms with Crippen LogP contribution in [0.15, 0.2) is 24.5 Å². The average Bonchev–Trinajstić information content (AvgIpc) is 2.63. The first-order valence-corrected chi connectivity index (χ1v) is 8.82. The summed E-state index contributed by atoms with van der Waals surface area (Å²) in [5.74, 6) is 0. The van der Waals surface area contributed by atoms with Crippen LogP contribution in [0, 0.1) is 0 Å². The second kappa shape index (κ2) is 10.4. The molecule has 1 aliphatic rings. The number of hydrogen-bond acceptors (Lipinski definition) is 5. The van der Waals surface area contributed by atoms with Crippen molar-refractivity contribution in [3.8, 4) is 0 Å². The Kier molecular flexibility index (Phi) is 8.97. The molecule has 2 heterocycles. The molecule has 1 aromatic rings. The topological polar surface area (TPSA) is 60.6 Å². The second-order valence-electron chi connectivity index (χ2n) is 6.09.